The van der Waals surface area contributed by atoms with Gasteiger partial charge in [-0.1, -0.05) is 16.8 Å². The van der Waals surface area contributed by atoms with E-state index in [4.69, 9.17) is 11.6 Å². The maximum Gasteiger partial charge on any atom is 0.147 e. The molecule has 1 aliphatic heterocycles. The molecule has 0 saturated carbocycles. The number of pyridine rings is 1. The third-order valence-electron chi connectivity index (χ3n) is 4.03. The Labute approximate surface area is 134 Å². The second-order valence-corrected chi connectivity index (χ2v) is 6.45. The Bertz CT molecular complexity index is 659. The number of piperidine rings is 1. The van der Waals surface area contributed by atoms with Gasteiger partial charge in [-0.05, 0) is 38.8 Å². The number of hydrogen-bond acceptors (Lipinski definition) is 5. The van der Waals surface area contributed by atoms with Crippen LogP contribution in [-0.4, -0.2) is 38.2 Å². The van der Waals surface area contributed by atoms with Crippen molar-refractivity contribution in [3.63, 3.8) is 0 Å². The number of rotatable bonds is 3. The van der Waals surface area contributed by atoms with Crippen molar-refractivity contribution < 1.29 is 5.11 Å². The van der Waals surface area contributed by atoms with Crippen LogP contribution < -0.4 is 4.90 Å². The predicted octanol–water partition coefficient (Wildman–Crippen LogP) is 2.40. The molecule has 118 valence electrons. The zero-order valence-electron chi connectivity index (χ0n) is 12.8. The molecule has 1 saturated heterocycles. The number of halogens is 1. The fraction of sp³-hybridized carbons (Fsp3) is 0.533. The second kappa shape index (κ2) is 5.85. The lowest BCUT2D eigenvalue weighted by Crippen LogP contribution is -2.46. The highest BCUT2D eigenvalue weighted by molar-refractivity contribution is 6.32. The first kappa shape index (κ1) is 15.2. The topological polar surface area (TPSA) is 67.1 Å². The summed E-state index contributed by atoms with van der Waals surface area (Å²) in [7, 11) is 0. The molecule has 1 atom stereocenters. The highest BCUT2D eigenvalue weighted by atomic mass is 35.5. The summed E-state index contributed by atoms with van der Waals surface area (Å²) in [4.78, 5) is 6.35. The standard InChI is InChI=1S/C15H20ClN5O/c1-11(2)21-9-13(18-19-21)15(22)6-4-8-20(10-15)14-12(16)5-3-7-17-14/h3,5,7,9,11,22H,4,6,8,10H2,1-2H3/t15-/m1/s1. The van der Waals surface area contributed by atoms with Gasteiger partial charge in [0.1, 0.15) is 17.1 Å². The van der Waals surface area contributed by atoms with Crippen molar-refractivity contribution in [2.75, 3.05) is 18.0 Å². The van der Waals surface area contributed by atoms with Crippen LogP contribution in [0.1, 0.15) is 38.4 Å². The molecule has 2 aromatic rings. The van der Waals surface area contributed by atoms with Gasteiger partial charge in [0.15, 0.2) is 0 Å². The summed E-state index contributed by atoms with van der Waals surface area (Å²) in [5.74, 6) is 0.707. The van der Waals surface area contributed by atoms with Gasteiger partial charge in [-0.3, -0.25) is 0 Å². The highest BCUT2D eigenvalue weighted by Crippen LogP contribution is 2.34. The molecule has 6 nitrogen and oxygen atoms in total. The van der Waals surface area contributed by atoms with Crippen LogP contribution in [0.2, 0.25) is 5.02 Å². The van der Waals surface area contributed by atoms with Crippen molar-refractivity contribution in [3.8, 4) is 0 Å². The molecule has 0 aliphatic carbocycles. The first-order chi connectivity index (χ1) is 10.5. The van der Waals surface area contributed by atoms with Gasteiger partial charge in [-0.2, -0.15) is 0 Å². The Morgan fingerprint density at radius 3 is 2.91 bits per heavy atom. The minimum atomic E-state index is -1.02. The molecule has 1 aliphatic rings. The molecule has 0 amide bonds. The Morgan fingerprint density at radius 1 is 1.41 bits per heavy atom. The largest absolute Gasteiger partial charge is 0.382 e. The van der Waals surface area contributed by atoms with Crippen molar-refractivity contribution in [3.05, 3.63) is 35.2 Å². The maximum absolute atomic E-state index is 11.0. The predicted molar refractivity (Wildman–Crippen MR) is 85.0 cm³/mol. The van der Waals surface area contributed by atoms with Crippen molar-refractivity contribution in [2.45, 2.75) is 38.3 Å². The maximum atomic E-state index is 11.0. The molecule has 1 N–H and O–H groups in total. The third-order valence-corrected chi connectivity index (χ3v) is 4.32. The SMILES string of the molecule is CC(C)n1cc([C@@]2(O)CCCN(c3ncccc3Cl)C2)nn1. The van der Waals surface area contributed by atoms with Crippen LogP contribution in [0.15, 0.2) is 24.5 Å². The first-order valence-corrected chi connectivity index (χ1v) is 7.87. The van der Waals surface area contributed by atoms with Crippen LogP contribution >= 0.6 is 11.6 Å². The van der Waals surface area contributed by atoms with Gasteiger partial charge in [-0.25, -0.2) is 9.67 Å². The summed E-state index contributed by atoms with van der Waals surface area (Å²) >= 11 is 6.22. The number of aliphatic hydroxyl groups is 1. The molecule has 3 rings (SSSR count). The smallest absolute Gasteiger partial charge is 0.147 e. The van der Waals surface area contributed by atoms with Crippen molar-refractivity contribution in [1.29, 1.82) is 0 Å². The Hall–Kier alpha value is -1.66. The Kier molecular flexibility index (Phi) is 4.06. The van der Waals surface area contributed by atoms with E-state index in [9.17, 15) is 5.11 Å². The zero-order chi connectivity index (χ0) is 15.7. The lowest BCUT2D eigenvalue weighted by atomic mass is 9.90. The normalized spacial score (nSPS) is 22.3. The number of anilines is 1. The molecular formula is C15H20ClN5O. The number of hydrogen-bond donors (Lipinski definition) is 1. The van der Waals surface area contributed by atoms with Crippen molar-refractivity contribution >= 4 is 17.4 Å². The van der Waals surface area contributed by atoms with Crippen LogP contribution in [0.3, 0.4) is 0 Å². The Balaban J connectivity index is 1.86. The molecular weight excluding hydrogens is 302 g/mol. The summed E-state index contributed by atoms with van der Waals surface area (Å²) in [6.45, 7) is 5.30. The van der Waals surface area contributed by atoms with Gasteiger partial charge in [0, 0.05) is 18.8 Å². The van der Waals surface area contributed by atoms with E-state index in [1.54, 1.807) is 16.9 Å². The van der Waals surface area contributed by atoms with Gasteiger partial charge in [0.05, 0.1) is 17.8 Å². The van der Waals surface area contributed by atoms with E-state index < -0.39 is 5.60 Å². The lowest BCUT2D eigenvalue weighted by molar-refractivity contribution is 0.0174. The molecule has 0 aromatic carbocycles. The monoisotopic (exact) mass is 321 g/mol. The van der Waals surface area contributed by atoms with E-state index in [1.807, 2.05) is 31.0 Å². The number of β-amino-alcohol motifs (C(OH)–C–C–N with tert-alkyl or cyclic N) is 1. The average Bonchev–Trinajstić information content (AvgIpc) is 2.98. The molecule has 0 unspecified atom stereocenters. The molecule has 2 aromatic heterocycles. The van der Waals surface area contributed by atoms with E-state index in [2.05, 4.69) is 15.3 Å². The van der Waals surface area contributed by atoms with Gasteiger partial charge in [0.25, 0.3) is 0 Å². The van der Waals surface area contributed by atoms with E-state index in [-0.39, 0.29) is 6.04 Å². The van der Waals surface area contributed by atoms with Gasteiger partial charge < -0.3 is 10.0 Å². The fourth-order valence-electron chi connectivity index (χ4n) is 2.78. The molecule has 1 fully saturated rings. The summed E-state index contributed by atoms with van der Waals surface area (Å²) in [5, 5.41) is 19.9. The summed E-state index contributed by atoms with van der Waals surface area (Å²) in [6, 6.07) is 3.83. The minimum absolute atomic E-state index is 0.217. The minimum Gasteiger partial charge on any atom is -0.382 e. The van der Waals surface area contributed by atoms with E-state index in [0.717, 1.165) is 13.0 Å². The zero-order valence-corrected chi connectivity index (χ0v) is 13.5. The van der Waals surface area contributed by atoms with E-state index >= 15 is 0 Å². The van der Waals surface area contributed by atoms with E-state index in [1.165, 1.54) is 0 Å². The van der Waals surface area contributed by atoms with Crippen molar-refractivity contribution in [1.82, 2.24) is 20.0 Å². The van der Waals surface area contributed by atoms with Crippen LogP contribution in [0, 0.1) is 0 Å². The summed E-state index contributed by atoms with van der Waals surface area (Å²) in [5.41, 5.74) is -0.412. The van der Waals surface area contributed by atoms with Gasteiger partial charge in [-0.15, -0.1) is 5.10 Å². The van der Waals surface area contributed by atoms with Crippen LogP contribution in [0.5, 0.6) is 0 Å². The molecule has 0 spiro atoms. The molecule has 3 heterocycles. The highest BCUT2D eigenvalue weighted by Gasteiger charge is 2.38. The van der Waals surface area contributed by atoms with Gasteiger partial charge in [0.2, 0.25) is 0 Å². The lowest BCUT2D eigenvalue weighted by Gasteiger charge is -2.38. The summed E-state index contributed by atoms with van der Waals surface area (Å²) < 4.78 is 1.76. The Morgan fingerprint density at radius 2 is 2.23 bits per heavy atom. The van der Waals surface area contributed by atoms with Crippen LogP contribution in [0.4, 0.5) is 5.82 Å². The van der Waals surface area contributed by atoms with E-state index in [0.29, 0.717) is 29.5 Å². The van der Waals surface area contributed by atoms with Crippen LogP contribution in [-0.2, 0) is 5.60 Å². The average molecular weight is 322 g/mol. The number of nitrogens with zero attached hydrogens (tertiary/aromatic N) is 5. The third kappa shape index (κ3) is 2.80. The summed E-state index contributed by atoms with van der Waals surface area (Å²) in [6.07, 6.45) is 5.04. The van der Waals surface area contributed by atoms with Crippen LogP contribution in [0.25, 0.3) is 0 Å². The quantitative estimate of drug-likeness (QED) is 0.940. The fourth-order valence-corrected chi connectivity index (χ4v) is 3.02. The van der Waals surface area contributed by atoms with Gasteiger partial charge >= 0.3 is 0 Å². The molecule has 0 bridgehead atoms. The first-order valence-electron chi connectivity index (χ1n) is 7.50. The molecule has 22 heavy (non-hydrogen) atoms. The molecule has 7 heteroatoms. The molecule has 0 radical (unpaired) electrons. The number of aromatic nitrogens is 4. The second-order valence-electron chi connectivity index (χ2n) is 6.04. The van der Waals surface area contributed by atoms with Crippen molar-refractivity contribution in [2.24, 2.45) is 0 Å².